The third kappa shape index (κ3) is 8.06. The van der Waals surface area contributed by atoms with Crippen LogP contribution < -0.4 is 5.32 Å². The Morgan fingerprint density at radius 3 is 2.06 bits per heavy atom. The molecule has 0 spiro atoms. The average molecular weight is 257 g/mol. The van der Waals surface area contributed by atoms with Crippen LogP contribution in [0, 0.1) is 5.92 Å². The van der Waals surface area contributed by atoms with Crippen LogP contribution in [0.2, 0.25) is 0 Å². The third-order valence-electron chi connectivity index (χ3n) is 3.36. The van der Waals surface area contributed by atoms with Crippen LogP contribution in [0.3, 0.4) is 0 Å². The van der Waals surface area contributed by atoms with E-state index in [0.29, 0.717) is 12.0 Å². The normalized spacial score (nSPS) is 13.8. The van der Waals surface area contributed by atoms with Crippen LogP contribution in [0.4, 0.5) is 0 Å². The van der Waals surface area contributed by atoms with Gasteiger partial charge in [0.15, 0.2) is 0 Å². The number of nitrogens with zero attached hydrogens (tertiary/aromatic N) is 2. The monoisotopic (exact) mass is 257 g/mol. The molecule has 0 radical (unpaired) electrons. The molecule has 0 rings (SSSR count). The van der Waals surface area contributed by atoms with Crippen LogP contribution >= 0.6 is 0 Å². The summed E-state index contributed by atoms with van der Waals surface area (Å²) in [4.78, 5) is 4.94. The fraction of sp³-hybridized carbons (Fsp3) is 1.00. The molecule has 1 atom stereocenters. The quantitative estimate of drug-likeness (QED) is 0.573. The standard InChI is InChI=1S/C15H35N3/c1-7-9-16-13-15(14(3)4)18(10-8-2)12-11-17(5)6/h14-16H,7-13H2,1-6H3. The van der Waals surface area contributed by atoms with E-state index in [1.807, 2.05) is 0 Å². The summed E-state index contributed by atoms with van der Waals surface area (Å²) in [5, 5.41) is 3.59. The molecule has 3 nitrogen and oxygen atoms in total. The van der Waals surface area contributed by atoms with Crippen molar-refractivity contribution in [2.24, 2.45) is 5.92 Å². The summed E-state index contributed by atoms with van der Waals surface area (Å²) in [6.45, 7) is 15.0. The Morgan fingerprint density at radius 1 is 0.944 bits per heavy atom. The lowest BCUT2D eigenvalue weighted by Gasteiger charge is -2.35. The lowest BCUT2D eigenvalue weighted by atomic mass is 10.0. The van der Waals surface area contributed by atoms with Crippen LogP contribution in [0.15, 0.2) is 0 Å². The SMILES string of the molecule is CCCNCC(C(C)C)N(CCC)CCN(C)C. The van der Waals surface area contributed by atoms with Crippen molar-refractivity contribution in [2.75, 3.05) is 46.8 Å². The van der Waals surface area contributed by atoms with Gasteiger partial charge in [-0.05, 0) is 45.9 Å². The van der Waals surface area contributed by atoms with E-state index in [-0.39, 0.29) is 0 Å². The van der Waals surface area contributed by atoms with E-state index in [0.717, 1.165) is 19.6 Å². The van der Waals surface area contributed by atoms with E-state index >= 15 is 0 Å². The molecule has 0 saturated carbocycles. The van der Waals surface area contributed by atoms with E-state index in [4.69, 9.17) is 0 Å². The molecular formula is C15H35N3. The van der Waals surface area contributed by atoms with E-state index in [1.165, 1.54) is 25.9 Å². The van der Waals surface area contributed by atoms with Crippen molar-refractivity contribution in [2.45, 2.75) is 46.6 Å². The van der Waals surface area contributed by atoms with E-state index in [1.54, 1.807) is 0 Å². The molecule has 0 amide bonds. The summed E-state index contributed by atoms with van der Waals surface area (Å²) in [7, 11) is 4.31. The molecule has 0 aromatic heterocycles. The molecule has 1 unspecified atom stereocenters. The van der Waals surface area contributed by atoms with Gasteiger partial charge in [0.25, 0.3) is 0 Å². The largest absolute Gasteiger partial charge is 0.315 e. The van der Waals surface area contributed by atoms with Gasteiger partial charge >= 0.3 is 0 Å². The molecule has 1 N–H and O–H groups in total. The molecule has 0 fully saturated rings. The molecule has 0 aliphatic rings. The number of nitrogens with one attached hydrogen (secondary N) is 1. The average Bonchev–Trinajstić information content (AvgIpc) is 2.30. The van der Waals surface area contributed by atoms with Gasteiger partial charge in [0, 0.05) is 25.7 Å². The molecular weight excluding hydrogens is 222 g/mol. The lowest BCUT2D eigenvalue weighted by Crippen LogP contribution is -2.48. The molecule has 0 aromatic rings. The van der Waals surface area contributed by atoms with Gasteiger partial charge in [-0.15, -0.1) is 0 Å². The molecule has 0 aromatic carbocycles. The van der Waals surface area contributed by atoms with Gasteiger partial charge in [0.05, 0.1) is 0 Å². The van der Waals surface area contributed by atoms with Crippen LogP contribution in [-0.2, 0) is 0 Å². The first-order valence-electron chi connectivity index (χ1n) is 7.62. The number of hydrogen-bond acceptors (Lipinski definition) is 3. The molecule has 110 valence electrons. The van der Waals surface area contributed by atoms with Gasteiger partial charge in [0.1, 0.15) is 0 Å². The number of likely N-dealkylation sites (N-methyl/N-ethyl adjacent to an activating group) is 1. The molecule has 3 heteroatoms. The summed E-state index contributed by atoms with van der Waals surface area (Å²) >= 11 is 0. The highest BCUT2D eigenvalue weighted by molar-refractivity contribution is 4.77. The zero-order valence-electron chi connectivity index (χ0n) is 13.5. The molecule has 18 heavy (non-hydrogen) atoms. The minimum atomic E-state index is 0.663. The van der Waals surface area contributed by atoms with Crippen LogP contribution in [0.25, 0.3) is 0 Å². The second-order valence-electron chi connectivity index (χ2n) is 5.85. The van der Waals surface area contributed by atoms with Gasteiger partial charge in [-0.25, -0.2) is 0 Å². The van der Waals surface area contributed by atoms with Crippen molar-refractivity contribution in [3.8, 4) is 0 Å². The van der Waals surface area contributed by atoms with Crippen LogP contribution in [0.1, 0.15) is 40.5 Å². The molecule has 0 aliphatic heterocycles. The Bertz CT molecular complexity index is 181. The first kappa shape index (κ1) is 17.9. The molecule has 0 heterocycles. The topological polar surface area (TPSA) is 18.5 Å². The predicted octanol–water partition coefficient (Wildman–Crippen LogP) is 2.28. The van der Waals surface area contributed by atoms with Gasteiger partial charge < -0.3 is 10.2 Å². The maximum absolute atomic E-state index is 3.59. The van der Waals surface area contributed by atoms with Crippen molar-refractivity contribution < 1.29 is 0 Å². The zero-order valence-corrected chi connectivity index (χ0v) is 13.5. The fourth-order valence-electron chi connectivity index (χ4n) is 2.27. The minimum absolute atomic E-state index is 0.663. The molecule has 0 aliphatic carbocycles. The van der Waals surface area contributed by atoms with Crippen molar-refractivity contribution >= 4 is 0 Å². The van der Waals surface area contributed by atoms with Crippen molar-refractivity contribution in [3.05, 3.63) is 0 Å². The second-order valence-corrected chi connectivity index (χ2v) is 5.85. The molecule has 0 saturated heterocycles. The van der Waals surface area contributed by atoms with Gasteiger partial charge in [0.2, 0.25) is 0 Å². The van der Waals surface area contributed by atoms with E-state index in [2.05, 4.69) is 56.9 Å². The van der Waals surface area contributed by atoms with Gasteiger partial charge in [-0.1, -0.05) is 27.7 Å². The number of hydrogen-bond donors (Lipinski definition) is 1. The maximum atomic E-state index is 3.59. The predicted molar refractivity (Wildman–Crippen MR) is 82.2 cm³/mol. The summed E-state index contributed by atoms with van der Waals surface area (Å²) < 4.78 is 0. The van der Waals surface area contributed by atoms with E-state index < -0.39 is 0 Å². The summed E-state index contributed by atoms with van der Waals surface area (Å²) in [6, 6.07) is 0.663. The van der Waals surface area contributed by atoms with Crippen LogP contribution in [-0.4, -0.2) is 62.7 Å². The van der Waals surface area contributed by atoms with Crippen molar-refractivity contribution in [3.63, 3.8) is 0 Å². The highest BCUT2D eigenvalue weighted by Gasteiger charge is 2.20. The highest BCUT2D eigenvalue weighted by Crippen LogP contribution is 2.11. The van der Waals surface area contributed by atoms with Crippen molar-refractivity contribution in [1.82, 2.24) is 15.1 Å². The Balaban J connectivity index is 4.34. The fourth-order valence-corrected chi connectivity index (χ4v) is 2.27. The third-order valence-corrected chi connectivity index (χ3v) is 3.36. The Labute approximate surface area is 115 Å². The van der Waals surface area contributed by atoms with Gasteiger partial charge in [-0.2, -0.15) is 0 Å². The summed E-state index contributed by atoms with van der Waals surface area (Å²) in [5.41, 5.74) is 0. The first-order valence-corrected chi connectivity index (χ1v) is 7.62. The Hall–Kier alpha value is -0.120. The smallest absolute Gasteiger partial charge is 0.0244 e. The highest BCUT2D eigenvalue weighted by atomic mass is 15.2. The van der Waals surface area contributed by atoms with Crippen molar-refractivity contribution in [1.29, 1.82) is 0 Å². The lowest BCUT2D eigenvalue weighted by molar-refractivity contribution is 0.139. The minimum Gasteiger partial charge on any atom is -0.315 e. The first-order chi connectivity index (χ1) is 8.52. The second kappa shape index (κ2) is 10.8. The number of rotatable bonds is 11. The zero-order chi connectivity index (χ0) is 14.0. The van der Waals surface area contributed by atoms with E-state index in [9.17, 15) is 0 Å². The molecule has 0 bridgehead atoms. The van der Waals surface area contributed by atoms with Crippen LogP contribution in [0.5, 0.6) is 0 Å². The summed E-state index contributed by atoms with van der Waals surface area (Å²) in [5.74, 6) is 0.711. The maximum Gasteiger partial charge on any atom is 0.0244 e. The van der Waals surface area contributed by atoms with Gasteiger partial charge in [-0.3, -0.25) is 4.90 Å². The Morgan fingerprint density at radius 2 is 1.61 bits per heavy atom. The Kier molecular flexibility index (Phi) is 10.7. The summed E-state index contributed by atoms with van der Waals surface area (Å²) in [6.07, 6.45) is 2.46.